The van der Waals surface area contributed by atoms with Gasteiger partial charge in [0.05, 0.1) is 0 Å². The zero-order valence-electron chi connectivity index (χ0n) is 19.0. The van der Waals surface area contributed by atoms with E-state index in [4.69, 9.17) is 15.5 Å². The van der Waals surface area contributed by atoms with Gasteiger partial charge in [-0.25, -0.2) is 9.78 Å². The van der Waals surface area contributed by atoms with E-state index in [1.165, 1.54) is 0 Å². The number of carbonyl (C=O) groups is 1. The zero-order valence-corrected chi connectivity index (χ0v) is 19.0. The topological polar surface area (TPSA) is 93.4 Å². The molecule has 3 N–H and O–H groups in total. The molecule has 0 aliphatic carbocycles. The van der Waals surface area contributed by atoms with E-state index < -0.39 is 11.6 Å². The molecule has 0 spiro atoms. The van der Waals surface area contributed by atoms with E-state index in [0.717, 1.165) is 30.6 Å². The number of ether oxygens (including phenoxy) is 1. The molecule has 0 aliphatic rings. The number of nitrogen functional groups attached to an aromatic ring is 1. The van der Waals surface area contributed by atoms with Crippen molar-refractivity contribution in [3.63, 3.8) is 0 Å². The van der Waals surface area contributed by atoms with E-state index in [1.807, 2.05) is 58.2 Å². The van der Waals surface area contributed by atoms with Crippen LogP contribution in [0.4, 0.5) is 17.5 Å². The van der Waals surface area contributed by atoms with Gasteiger partial charge in [0.1, 0.15) is 17.5 Å². The fraction of sp³-hybridized carbons (Fsp3) is 0.522. The summed E-state index contributed by atoms with van der Waals surface area (Å²) in [5.74, 6) is 1.00. The van der Waals surface area contributed by atoms with E-state index in [0.29, 0.717) is 23.9 Å². The number of anilines is 3. The van der Waals surface area contributed by atoms with Gasteiger partial charge in [-0.2, -0.15) is 4.98 Å². The molecule has 0 amide bonds. The monoisotopic (exact) mass is 413 g/mol. The van der Waals surface area contributed by atoms with Gasteiger partial charge in [0.25, 0.3) is 0 Å². The summed E-state index contributed by atoms with van der Waals surface area (Å²) in [5, 5.41) is 3.34. The molecule has 2 aromatic rings. The Morgan fingerprint density at radius 1 is 1.17 bits per heavy atom. The van der Waals surface area contributed by atoms with Crippen molar-refractivity contribution in [3.05, 3.63) is 41.6 Å². The first-order valence-electron chi connectivity index (χ1n) is 10.6. The third-order valence-corrected chi connectivity index (χ3v) is 4.70. The van der Waals surface area contributed by atoms with Crippen LogP contribution in [0.5, 0.6) is 0 Å². The summed E-state index contributed by atoms with van der Waals surface area (Å²) in [6, 6.07) is 6.94. The molecular weight excluding hydrogens is 378 g/mol. The number of nitrogens with one attached hydrogen (secondary N) is 1. The van der Waals surface area contributed by atoms with Crippen LogP contribution in [0.2, 0.25) is 0 Å². The summed E-state index contributed by atoms with van der Waals surface area (Å²) >= 11 is 0. The van der Waals surface area contributed by atoms with Crippen LogP contribution in [0.15, 0.2) is 30.5 Å². The van der Waals surface area contributed by atoms with Gasteiger partial charge in [0.15, 0.2) is 0 Å². The van der Waals surface area contributed by atoms with Gasteiger partial charge in [-0.1, -0.05) is 19.1 Å². The van der Waals surface area contributed by atoms with Crippen LogP contribution in [-0.4, -0.2) is 40.7 Å². The van der Waals surface area contributed by atoms with Crippen molar-refractivity contribution >= 4 is 23.4 Å². The molecule has 7 nitrogen and oxygen atoms in total. The van der Waals surface area contributed by atoms with Crippen LogP contribution in [0, 0.1) is 0 Å². The van der Waals surface area contributed by atoms with Crippen LogP contribution in [0.1, 0.15) is 52.7 Å². The Labute approximate surface area is 180 Å². The van der Waals surface area contributed by atoms with E-state index in [-0.39, 0.29) is 5.97 Å². The maximum absolute atomic E-state index is 13.0. The van der Waals surface area contributed by atoms with E-state index in [2.05, 4.69) is 29.0 Å². The standard InChI is InChI=1S/C23H35N5O2/c1-7-17-15-25-22(28(8-2)9-3)27-20(17)26-19(21(29)30-23(4,5)6)14-16-10-12-18(24)13-11-16/h10-13,15,19H,7-9,14,24H2,1-6H3,(H,25,26,27)/t19-/m0/s1. The first-order chi connectivity index (χ1) is 14.2. The zero-order chi connectivity index (χ0) is 22.3. The minimum Gasteiger partial charge on any atom is -0.458 e. The van der Waals surface area contributed by atoms with Crippen LogP contribution in [-0.2, 0) is 22.4 Å². The first-order valence-corrected chi connectivity index (χ1v) is 10.6. The molecule has 1 heterocycles. The highest BCUT2D eigenvalue weighted by Gasteiger charge is 2.27. The number of hydrogen-bond donors (Lipinski definition) is 2. The fourth-order valence-electron chi connectivity index (χ4n) is 3.06. The lowest BCUT2D eigenvalue weighted by atomic mass is 10.0. The quantitative estimate of drug-likeness (QED) is 0.476. The van der Waals surface area contributed by atoms with Crippen molar-refractivity contribution in [1.29, 1.82) is 0 Å². The average Bonchev–Trinajstić information content (AvgIpc) is 2.69. The third kappa shape index (κ3) is 6.61. The van der Waals surface area contributed by atoms with Crippen LogP contribution >= 0.6 is 0 Å². The van der Waals surface area contributed by atoms with Gasteiger partial charge in [-0.15, -0.1) is 0 Å². The summed E-state index contributed by atoms with van der Waals surface area (Å²) in [6.07, 6.45) is 3.05. The molecule has 30 heavy (non-hydrogen) atoms. The minimum absolute atomic E-state index is 0.315. The Kier molecular flexibility index (Phi) is 8.03. The molecule has 0 saturated heterocycles. The van der Waals surface area contributed by atoms with Gasteiger partial charge in [0, 0.05) is 37.0 Å². The van der Waals surface area contributed by atoms with Gasteiger partial charge >= 0.3 is 5.97 Å². The van der Waals surface area contributed by atoms with Gasteiger partial charge < -0.3 is 20.7 Å². The number of nitrogens with zero attached hydrogens (tertiary/aromatic N) is 3. The lowest BCUT2D eigenvalue weighted by Crippen LogP contribution is -2.38. The molecule has 0 bridgehead atoms. The molecule has 1 aromatic heterocycles. The van der Waals surface area contributed by atoms with E-state index in [9.17, 15) is 4.79 Å². The molecule has 0 aliphatic heterocycles. The Balaban J connectivity index is 2.37. The summed E-state index contributed by atoms with van der Waals surface area (Å²) in [4.78, 5) is 24.3. The lowest BCUT2D eigenvalue weighted by molar-refractivity contribution is -0.155. The molecule has 0 unspecified atom stereocenters. The second kappa shape index (κ2) is 10.3. The number of esters is 1. The highest BCUT2D eigenvalue weighted by molar-refractivity contribution is 5.80. The Morgan fingerprint density at radius 3 is 2.33 bits per heavy atom. The van der Waals surface area contributed by atoms with Crippen molar-refractivity contribution < 1.29 is 9.53 Å². The normalized spacial score (nSPS) is 12.3. The molecule has 164 valence electrons. The van der Waals surface area contributed by atoms with Crippen molar-refractivity contribution in [3.8, 4) is 0 Å². The summed E-state index contributed by atoms with van der Waals surface area (Å²) in [5.41, 5.74) is 7.86. The van der Waals surface area contributed by atoms with Crippen molar-refractivity contribution in [2.75, 3.05) is 29.0 Å². The van der Waals surface area contributed by atoms with Crippen molar-refractivity contribution in [2.24, 2.45) is 0 Å². The first kappa shape index (κ1) is 23.4. The largest absolute Gasteiger partial charge is 0.458 e. The Hall–Kier alpha value is -2.83. The molecular formula is C23H35N5O2. The van der Waals surface area contributed by atoms with E-state index in [1.54, 1.807) is 0 Å². The number of nitrogens with two attached hydrogens (primary N) is 1. The van der Waals surface area contributed by atoms with Gasteiger partial charge in [-0.3, -0.25) is 0 Å². The molecule has 7 heteroatoms. The maximum Gasteiger partial charge on any atom is 0.329 e. The average molecular weight is 414 g/mol. The molecule has 1 aromatic carbocycles. The summed E-state index contributed by atoms with van der Waals surface area (Å²) in [6.45, 7) is 13.4. The molecule has 0 radical (unpaired) electrons. The van der Waals surface area contributed by atoms with Crippen LogP contribution in [0.3, 0.4) is 0 Å². The number of aryl methyl sites for hydroxylation is 1. The second-order valence-corrected chi connectivity index (χ2v) is 8.25. The predicted octanol–water partition coefficient (Wildman–Crippen LogP) is 3.83. The lowest BCUT2D eigenvalue weighted by Gasteiger charge is -2.26. The predicted molar refractivity (Wildman–Crippen MR) is 123 cm³/mol. The van der Waals surface area contributed by atoms with Gasteiger partial charge in [0.2, 0.25) is 5.95 Å². The highest BCUT2D eigenvalue weighted by Crippen LogP contribution is 2.21. The van der Waals surface area contributed by atoms with Crippen molar-refractivity contribution in [2.45, 2.75) is 66.0 Å². The Bertz CT molecular complexity index is 826. The van der Waals surface area contributed by atoms with Crippen molar-refractivity contribution in [1.82, 2.24) is 9.97 Å². The molecule has 1 atom stereocenters. The van der Waals surface area contributed by atoms with E-state index >= 15 is 0 Å². The van der Waals surface area contributed by atoms with Crippen LogP contribution < -0.4 is 16.0 Å². The maximum atomic E-state index is 13.0. The Morgan fingerprint density at radius 2 is 1.80 bits per heavy atom. The highest BCUT2D eigenvalue weighted by atomic mass is 16.6. The smallest absolute Gasteiger partial charge is 0.329 e. The molecule has 0 saturated carbocycles. The third-order valence-electron chi connectivity index (χ3n) is 4.70. The minimum atomic E-state index is -0.586. The number of aromatic nitrogens is 2. The molecule has 2 rings (SSSR count). The SMILES string of the molecule is CCc1cnc(N(CC)CC)nc1N[C@@H](Cc1ccc(N)cc1)C(=O)OC(C)(C)C. The van der Waals surface area contributed by atoms with Crippen LogP contribution in [0.25, 0.3) is 0 Å². The fourth-order valence-corrected chi connectivity index (χ4v) is 3.06. The summed E-state index contributed by atoms with van der Waals surface area (Å²) in [7, 11) is 0. The van der Waals surface area contributed by atoms with Gasteiger partial charge in [-0.05, 0) is 58.7 Å². The summed E-state index contributed by atoms with van der Waals surface area (Å²) < 4.78 is 5.68. The number of carbonyl (C=O) groups excluding carboxylic acids is 1. The number of rotatable bonds is 9. The molecule has 0 fully saturated rings. The number of hydrogen-bond acceptors (Lipinski definition) is 7. The second-order valence-electron chi connectivity index (χ2n) is 8.25. The number of benzene rings is 1.